The Morgan fingerprint density at radius 3 is 2.44 bits per heavy atom. The van der Waals surface area contributed by atoms with Crippen molar-refractivity contribution in [2.24, 2.45) is 11.3 Å². The number of hydrogen-bond acceptors (Lipinski definition) is 6. The van der Waals surface area contributed by atoms with E-state index < -0.39 is 39.5 Å². The standard InChI is InChI=1S/C33H31N3O5/c1-18-13-14-25-22(15-18)19(2)16-26-33(23-11-6-7-12-24(23)34-31(33)39)27(28(35(25)26)30(38)32(3,4)5)29(37)20-9-8-10-21(17-20)36(40)41/h6-17,26-28H,1-5H3,(H,34,39)/t26-,27-,28-,33-/m0/s1. The van der Waals surface area contributed by atoms with Gasteiger partial charge in [-0.25, -0.2) is 0 Å². The van der Waals surface area contributed by atoms with Crippen LogP contribution < -0.4 is 10.2 Å². The van der Waals surface area contributed by atoms with Crippen molar-refractivity contribution in [3.63, 3.8) is 0 Å². The minimum atomic E-state index is -1.45. The number of ketones is 2. The van der Waals surface area contributed by atoms with Gasteiger partial charge in [0.05, 0.1) is 16.9 Å². The molecule has 0 radical (unpaired) electrons. The van der Waals surface area contributed by atoms with Gasteiger partial charge in [-0.3, -0.25) is 24.5 Å². The largest absolute Gasteiger partial charge is 0.352 e. The summed E-state index contributed by atoms with van der Waals surface area (Å²) in [4.78, 5) is 56.7. The Morgan fingerprint density at radius 2 is 1.73 bits per heavy atom. The molecule has 6 rings (SSSR count). The third-order valence-electron chi connectivity index (χ3n) is 8.76. The molecular weight excluding hydrogens is 518 g/mol. The van der Waals surface area contributed by atoms with E-state index in [1.54, 1.807) is 6.07 Å². The number of nitro groups is 1. The van der Waals surface area contributed by atoms with E-state index in [-0.39, 0.29) is 22.9 Å². The number of nitrogens with one attached hydrogen (secondary N) is 1. The van der Waals surface area contributed by atoms with Crippen molar-refractivity contribution in [1.29, 1.82) is 0 Å². The van der Waals surface area contributed by atoms with Crippen molar-refractivity contribution in [2.45, 2.75) is 52.1 Å². The highest BCUT2D eigenvalue weighted by atomic mass is 16.6. The van der Waals surface area contributed by atoms with Crippen molar-refractivity contribution in [1.82, 2.24) is 0 Å². The molecule has 8 nitrogen and oxygen atoms in total. The van der Waals surface area contributed by atoms with Crippen molar-refractivity contribution >= 4 is 40.1 Å². The van der Waals surface area contributed by atoms with Gasteiger partial charge >= 0.3 is 0 Å². The normalized spacial score (nSPS) is 24.3. The summed E-state index contributed by atoms with van der Waals surface area (Å²) in [5.41, 5.74) is 2.54. The molecule has 0 bridgehead atoms. The predicted molar refractivity (Wildman–Crippen MR) is 157 cm³/mol. The highest BCUT2D eigenvalue weighted by molar-refractivity contribution is 6.17. The number of Topliss-reactive ketones (excluding diaryl/α,β-unsaturated/α-hetero) is 2. The highest BCUT2D eigenvalue weighted by Gasteiger charge is 2.71. The molecule has 0 unspecified atom stereocenters. The van der Waals surface area contributed by atoms with E-state index in [0.717, 1.165) is 22.4 Å². The second-order valence-corrected chi connectivity index (χ2v) is 12.3. The topological polar surface area (TPSA) is 110 Å². The molecule has 4 atom stereocenters. The molecule has 3 aliphatic heterocycles. The van der Waals surface area contributed by atoms with E-state index >= 15 is 0 Å². The second-order valence-electron chi connectivity index (χ2n) is 12.3. The summed E-state index contributed by atoms with van der Waals surface area (Å²) in [6.07, 6.45) is 2.01. The maximum Gasteiger partial charge on any atom is 0.270 e. The number of aryl methyl sites for hydroxylation is 1. The Kier molecular flexibility index (Phi) is 5.82. The molecule has 1 amide bonds. The monoisotopic (exact) mass is 549 g/mol. The average molecular weight is 550 g/mol. The molecule has 1 fully saturated rings. The van der Waals surface area contributed by atoms with Crippen LogP contribution in [0.3, 0.4) is 0 Å². The van der Waals surface area contributed by atoms with Crippen LogP contribution in [0, 0.1) is 28.4 Å². The average Bonchev–Trinajstić information content (AvgIpc) is 3.39. The van der Waals surface area contributed by atoms with Crippen molar-refractivity contribution in [3.8, 4) is 0 Å². The molecule has 208 valence electrons. The molecule has 1 N–H and O–H groups in total. The fourth-order valence-electron chi connectivity index (χ4n) is 6.94. The number of nitrogens with zero attached hydrogens (tertiary/aromatic N) is 2. The summed E-state index contributed by atoms with van der Waals surface area (Å²) in [6.45, 7) is 9.42. The SMILES string of the molecule is CC1=C[C@@H]2N(c3ccc(C)cc31)[C@H](C(=O)C(C)(C)C)[C@@H](C(=O)c1cccc([N+](=O)[O-])c1)[C@@]21C(=O)Nc2ccccc21. The van der Waals surface area contributed by atoms with Gasteiger partial charge in [-0.2, -0.15) is 0 Å². The van der Waals surface area contributed by atoms with Crippen molar-refractivity contribution in [2.75, 3.05) is 10.2 Å². The Morgan fingerprint density at radius 1 is 1.00 bits per heavy atom. The van der Waals surface area contributed by atoms with Crippen LogP contribution in [0.1, 0.15) is 54.7 Å². The lowest BCUT2D eigenvalue weighted by Crippen LogP contribution is -2.51. The third kappa shape index (κ3) is 3.70. The van der Waals surface area contributed by atoms with Crippen LogP contribution in [0.4, 0.5) is 17.1 Å². The van der Waals surface area contributed by atoms with Gasteiger partial charge in [0.1, 0.15) is 11.5 Å². The molecule has 1 saturated heterocycles. The lowest BCUT2D eigenvalue weighted by molar-refractivity contribution is -0.384. The Hall–Kier alpha value is -4.59. The number of allylic oxidation sites excluding steroid dienone is 1. The second kappa shape index (κ2) is 8.96. The van der Waals surface area contributed by atoms with E-state index in [4.69, 9.17) is 0 Å². The fourth-order valence-corrected chi connectivity index (χ4v) is 6.94. The van der Waals surface area contributed by atoms with E-state index in [9.17, 15) is 24.5 Å². The molecule has 41 heavy (non-hydrogen) atoms. The maximum atomic E-state index is 14.8. The maximum absolute atomic E-state index is 14.8. The summed E-state index contributed by atoms with van der Waals surface area (Å²) < 4.78 is 0. The van der Waals surface area contributed by atoms with Crippen LogP contribution in [0.15, 0.2) is 72.8 Å². The van der Waals surface area contributed by atoms with Crippen LogP contribution in [0.5, 0.6) is 0 Å². The Balaban J connectivity index is 1.70. The minimum Gasteiger partial charge on any atom is -0.352 e. The number of rotatable bonds is 4. The number of amides is 1. The van der Waals surface area contributed by atoms with Gasteiger partial charge in [0.15, 0.2) is 11.6 Å². The molecule has 3 aromatic rings. The molecule has 3 heterocycles. The van der Waals surface area contributed by atoms with E-state index in [1.807, 2.05) is 75.9 Å². The van der Waals surface area contributed by atoms with Gasteiger partial charge in [-0.1, -0.05) is 68.8 Å². The number of carbonyl (C=O) groups excluding carboxylic acids is 3. The van der Waals surface area contributed by atoms with Crippen LogP contribution in [0.25, 0.3) is 5.57 Å². The number of non-ortho nitro benzene ring substituents is 1. The van der Waals surface area contributed by atoms with Crippen LogP contribution >= 0.6 is 0 Å². The first-order chi connectivity index (χ1) is 19.4. The number of benzene rings is 3. The summed E-state index contributed by atoms with van der Waals surface area (Å²) in [5.74, 6) is -2.17. The van der Waals surface area contributed by atoms with E-state index in [1.165, 1.54) is 24.3 Å². The molecule has 1 spiro atoms. The fraction of sp³-hybridized carbons (Fsp3) is 0.303. The van der Waals surface area contributed by atoms with Gasteiger partial charge in [-0.05, 0) is 43.2 Å². The number of hydrogen-bond donors (Lipinski definition) is 1. The van der Waals surface area contributed by atoms with Gasteiger partial charge in [0, 0.05) is 40.0 Å². The number of anilines is 2. The first-order valence-corrected chi connectivity index (χ1v) is 13.7. The Bertz CT molecular complexity index is 1700. The first kappa shape index (κ1) is 26.6. The Labute approximate surface area is 238 Å². The van der Waals surface area contributed by atoms with Gasteiger partial charge < -0.3 is 10.2 Å². The zero-order valence-electron chi connectivity index (χ0n) is 23.6. The van der Waals surface area contributed by atoms with Gasteiger partial charge in [-0.15, -0.1) is 0 Å². The highest BCUT2D eigenvalue weighted by Crippen LogP contribution is 2.59. The third-order valence-corrected chi connectivity index (χ3v) is 8.76. The molecule has 3 aliphatic rings. The molecule has 0 saturated carbocycles. The summed E-state index contributed by atoms with van der Waals surface area (Å²) in [5, 5.41) is 14.6. The molecular formula is C33H31N3O5. The predicted octanol–water partition coefficient (Wildman–Crippen LogP) is 5.88. The molecule has 8 heteroatoms. The quantitative estimate of drug-likeness (QED) is 0.247. The first-order valence-electron chi connectivity index (χ1n) is 13.7. The zero-order chi connectivity index (χ0) is 29.4. The lowest BCUT2D eigenvalue weighted by atomic mass is 9.63. The van der Waals surface area contributed by atoms with Crippen LogP contribution in [-0.2, 0) is 15.0 Å². The summed E-state index contributed by atoms with van der Waals surface area (Å²) >= 11 is 0. The van der Waals surface area contributed by atoms with Crippen molar-refractivity contribution in [3.05, 3.63) is 105 Å². The number of carbonyl (C=O) groups is 3. The van der Waals surface area contributed by atoms with E-state index in [0.29, 0.717) is 11.3 Å². The van der Waals surface area contributed by atoms with Crippen LogP contribution in [-0.4, -0.2) is 34.5 Å². The minimum absolute atomic E-state index is 0.0946. The van der Waals surface area contributed by atoms with Crippen molar-refractivity contribution < 1.29 is 19.3 Å². The summed E-state index contributed by atoms with van der Waals surface area (Å²) in [6, 6.07) is 17.2. The summed E-state index contributed by atoms with van der Waals surface area (Å²) in [7, 11) is 0. The van der Waals surface area contributed by atoms with E-state index in [2.05, 4.69) is 11.4 Å². The van der Waals surface area contributed by atoms with Gasteiger partial charge in [0.25, 0.3) is 5.69 Å². The molecule has 0 aliphatic carbocycles. The van der Waals surface area contributed by atoms with Gasteiger partial charge in [0.2, 0.25) is 5.91 Å². The molecule has 3 aromatic carbocycles. The lowest BCUT2D eigenvalue weighted by Gasteiger charge is -2.40. The van der Waals surface area contributed by atoms with Crippen LogP contribution in [0.2, 0.25) is 0 Å². The number of nitro benzene ring substituents is 1. The number of para-hydroxylation sites is 1. The number of fused-ring (bicyclic) bond motifs is 6. The zero-order valence-corrected chi connectivity index (χ0v) is 23.6. The molecule has 0 aromatic heterocycles. The smallest absolute Gasteiger partial charge is 0.270 e.